The first-order valence-electron chi connectivity index (χ1n) is 9.44. The second-order valence-electron chi connectivity index (χ2n) is 6.07. The molecule has 2 N–H and O–H groups in total. The standard InChI is InChI=1S/C19H30N2.C2H6/c1-5-8-10-15(6-2)13-20-18-12-9-11-17-16(7-3)14(4)21-19(17)18;1-2/h6-7,18,20-21H,4-5,8-13H2,1-3H3;1-2H3/b15-6+,16-7+;. The van der Waals surface area contributed by atoms with Crippen molar-refractivity contribution in [1.29, 1.82) is 0 Å². The number of allylic oxidation sites excluding steroid dienone is 1. The fourth-order valence-electron chi connectivity index (χ4n) is 3.37. The lowest BCUT2D eigenvalue weighted by Crippen LogP contribution is -2.28. The zero-order chi connectivity index (χ0) is 17.2. The molecule has 0 amide bonds. The normalized spacial score (nSPS) is 18.4. The van der Waals surface area contributed by atoms with Crippen LogP contribution in [0.2, 0.25) is 0 Å². The summed E-state index contributed by atoms with van der Waals surface area (Å²) in [6.45, 7) is 15.7. The predicted molar refractivity (Wildman–Crippen MR) is 104 cm³/mol. The van der Waals surface area contributed by atoms with Crippen LogP contribution in [0.25, 0.3) is 12.7 Å². The van der Waals surface area contributed by atoms with E-state index in [1.807, 2.05) is 13.8 Å². The highest BCUT2D eigenvalue weighted by Crippen LogP contribution is 2.25. The van der Waals surface area contributed by atoms with Crippen LogP contribution < -0.4 is 15.9 Å². The Bertz CT molecular complexity index is 592. The number of hydrogen-bond acceptors (Lipinski definition) is 1. The Morgan fingerprint density at radius 3 is 2.70 bits per heavy atom. The van der Waals surface area contributed by atoms with Crippen LogP contribution in [-0.4, -0.2) is 11.5 Å². The molecule has 0 fully saturated rings. The van der Waals surface area contributed by atoms with Crippen LogP contribution in [0.4, 0.5) is 0 Å². The molecular formula is C21H36N2. The summed E-state index contributed by atoms with van der Waals surface area (Å²) in [5.74, 6) is 0. The largest absolute Gasteiger partial charge is 0.357 e. The van der Waals surface area contributed by atoms with Crippen molar-refractivity contribution in [3.8, 4) is 0 Å². The number of aromatic amines is 1. The number of H-pyrrole nitrogens is 1. The molecule has 0 aliphatic heterocycles. The van der Waals surface area contributed by atoms with Gasteiger partial charge in [-0.2, -0.15) is 0 Å². The number of aromatic nitrogens is 1. The molecule has 0 radical (unpaired) electrons. The summed E-state index contributed by atoms with van der Waals surface area (Å²) < 4.78 is 0. The van der Waals surface area contributed by atoms with E-state index in [4.69, 9.17) is 0 Å². The van der Waals surface area contributed by atoms with Crippen molar-refractivity contribution in [2.45, 2.75) is 79.2 Å². The summed E-state index contributed by atoms with van der Waals surface area (Å²) in [5.41, 5.74) is 4.40. The first-order valence-corrected chi connectivity index (χ1v) is 9.44. The number of nitrogens with one attached hydrogen (secondary N) is 2. The van der Waals surface area contributed by atoms with Gasteiger partial charge in [0.2, 0.25) is 0 Å². The highest BCUT2D eigenvalue weighted by molar-refractivity contribution is 5.36. The highest BCUT2D eigenvalue weighted by atomic mass is 14.9. The van der Waals surface area contributed by atoms with Gasteiger partial charge in [0.1, 0.15) is 0 Å². The third kappa shape index (κ3) is 5.10. The van der Waals surface area contributed by atoms with Gasteiger partial charge in [0.25, 0.3) is 0 Å². The average Bonchev–Trinajstić information content (AvgIpc) is 2.92. The molecule has 2 heteroatoms. The molecule has 1 aromatic rings. The number of unbranched alkanes of at least 4 members (excludes halogenated alkanes) is 1. The number of hydrogen-bond donors (Lipinski definition) is 2. The van der Waals surface area contributed by atoms with Crippen molar-refractivity contribution in [3.05, 3.63) is 33.5 Å². The third-order valence-electron chi connectivity index (χ3n) is 4.65. The number of rotatable bonds is 6. The summed E-state index contributed by atoms with van der Waals surface area (Å²) in [5, 5.41) is 6.17. The Kier molecular flexibility index (Phi) is 9.01. The Morgan fingerprint density at radius 1 is 1.35 bits per heavy atom. The zero-order valence-electron chi connectivity index (χ0n) is 15.9. The zero-order valence-corrected chi connectivity index (χ0v) is 15.9. The van der Waals surface area contributed by atoms with Gasteiger partial charge in [-0.05, 0) is 56.7 Å². The van der Waals surface area contributed by atoms with Gasteiger partial charge in [-0.15, -0.1) is 0 Å². The van der Waals surface area contributed by atoms with Crippen molar-refractivity contribution in [2.75, 3.05) is 6.54 Å². The summed E-state index contributed by atoms with van der Waals surface area (Å²) >= 11 is 0. The minimum Gasteiger partial charge on any atom is -0.357 e. The van der Waals surface area contributed by atoms with Crippen molar-refractivity contribution < 1.29 is 0 Å². The third-order valence-corrected chi connectivity index (χ3v) is 4.65. The fraction of sp³-hybridized carbons (Fsp3) is 0.619. The molecule has 1 unspecified atom stereocenters. The minimum absolute atomic E-state index is 0.458. The quantitative estimate of drug-likeness (QED) is 0.750. The van der Waals surface area contributed by atoms with Gasteiger partial charge in [-0.1, -0.05) is 51.5 Å². The van der Waals surface area contributed by atoms with E-state index >= 15 is 0 Å². The Morgan fingerprint density at radius 2 is 2.09 bits per heavy atom. The first-order chi connectivity index (χ1) is 11.2. The van der Waals surface area contributed by atoms with E-state index in [9.17, 15) is 0 Å². The summed E-state index contributed by atoms with van der Waals surface area (Å²) in [6.07, 6.45) is 11.9. The van der Waals surface area contributed by atoms with Crippen molar-refractivity contribution in [3.63, 3.8) is 0 Å². The highest BCUT2D eigenvalue weighted by Gasteiger charge is 2.22. The predicted octanol–water partition coefficient (Wildman–Crippen LogP) is 4.36. The van der Waals surface area contributed by atoms with Crippen molar-refractivity contribution in [2.24, 2.45) is 0 Å². The second-order valence-corrected chi connectivity index (χ2v) is 6.07. The van der Waals surface area contributed by atoms with E-state index in [2.05, 4.69) is 49.8 Å². The maximum Gasteiger partial charge on any atom is 0.0478 e. The van der Waals surface area contributed by atoms with Crippen molar-refractivity contribution >= 4 is 12.7 Å². The second kappa shape index (κ2) is 10.5. The van der Waals surface area contributed by atoms with E-state index in [0.29, 0.717) is 6.04 Å². The number of fused-ring (bicyclic) bond motifs is 1. The monoisotopic (exact) mass is 316 g/mol. The Balaban J connectivity index is 0.00000127. The van der Waals surface area contributed by atoms with Gasteiger partial charge in [-0.3, -0.25) is 0 Å². The lowest BCUT2D eigenvalue weighted by molar-refractivity contribution is 0.464. The molecule has 1 aromatic heterocycles. The molecule has 130 valence electrons. The maximum absolute atomic E-state index is 4.16. The Hall–Kier alpha value is -1.28. The van der Waals surface area contributed by atoms with E-state index in [1.54, 1.807) is 0 Å². The summed E-state index contributed by atoms with van der Waals surface area (Å²) in [7, 11) is 0. The molecule has 1 aliphatic rings. The van der Waals surface area contributed by atoms with E-state index in [0.717, 1.165) is 11.9 Å². The van der Waals surface area contributed by atoms with Gasteiger partial charge in [0.05, 0.1) is 0 Å². The molecule has 2 nitrogen and oxygen atoms in total. The molecule has 2 rings (SSSR count). The van der Waals surface area contributed by atoms with Gasteiger partial charge < -0.3 is 10.3 Å². The van der Waals surface area contributed by atoms with Crippen LogP contribution in [-0.2, 0) is 6.42 Å². The lowest BCUT2D eigenvalue weighted by atomic mass is 9.92. The topological polar surface area (TPSA) is 27.8 Å². The summed E-state index contributed by atoms with van der Waals surface area (Å²) in [4.78, 5) is 3.53. The van der Waals surface area contributed by atoms with Gasteiger partial charge in [-0.25, -0.2) is 0 Å². The van der Waals surface area contributed by atoms with Crippen LogP contribution in [0, 0.1) is 0 Å². The van der Waals surface area contributed by atoms with Crippen molar-refractivity contribution in [1.82, 2.24) is 10.3 Å². The van der Waals surface area contributed by atoms with Crippen LogP contribution in [0.3, 0.4) is 0 Å². The first kappa shape index (κ1) is 19.8. The van der Waals surface area contributed by atoms with Crippen LogP contribution >= 0.6 is 0 Å². The van der Waals surface area contributed by atoms with Crippen LogP contribution in [0.15, 0.2) is 11.6 Å². The molecule has 0 aromatic carbocycles. The van der Waals surface area contributed by atoms with E-state index in [-0.39, 0.29) is 0 Å². The molecule has 0 saturated heterocycles. The summed E-state index contributed by atoms with van der Waals surface area (Å²) in [6, 6.07) is 0.458. The van der Waals surface area contributed by atoms with E-state index < -0.39 is 0 Å². The molecule has 1 heterocycles. The SMILES string of the molecule is C=c1[nH]c2c(/c1=C/C)CCCC2NC/C(=C/C)CCCC.CC. The molecule has 0 saturated carbocycles. The maximum atomic E-state index is 4.16. The smallest absolute Gasteiger partial charge is 0.0478 e. The van der Waals surface area contributed by atoms with E-state index in [1.165, 1.54) is 60.6 Å². The van der Waals surface area contributed by atoms with Gasteiger partial charge in [0, 0.05) is 23.6 Å². The van der Waals surface area contributed by atoms with Crippen LogP contribution in [0.1, 0.15) is 84.0 Å². The molecule has 23 heavy (non-hydrogen) atoms. The molecule has 1 atom stereocenters. The molecule has 1 aliphatic carbocycles. The van der Waals surface area contributed by atoms with Gasteiger partial charge in [0.15, 0.2) is 0 Å². The minimum atomic E-state index is 0.458. The Labute approximate surface area is 142 Å². The fourth-order valence-corrected chi connectivity index (χ4v) is 3.37. The lowest BCUT2D eigenvalue weighted by Gasteiger charge is -2.24. The molecular weight excluding hydrogens is 280 g/mol. The molecule has 0 bridgehead atoms. The molecule has 0 spiro atoms. The van der Waals surface area contributed by atoms with Gasteiger partial charge >= 0.3 is 0 Å². The van der Waals surface area contributed by atoms with Crippen LogP contribution in [0.5, 0.6) is 0 Å². The average molecular weight is 317 g/mol.